The molecule has 1 aromatic carbocycles. The van der Waals surface area contributed by atoms with Gasteiger partial charge in [-0.25, -0.2) is 4.98 Å². The molecule has 0 aliphatic heterocycles. The molecule has 0 saturated carbocycles. The largest absolute Gasteiger partial charge is 0.246 e. The molecule has 2 aromatic rings. The van der Waals surface area contributed by atoms with Gasteiger partial charge in [0.15, 0.2) is 0 Å². The topological polar surface area (TPSA) is 12.9 Å². The first-order valence-corrected chi connectivity index (χ1v) is 8.93. The lowest BCUT2D eigenvalue weighted by molar-refractivity contribution is 0.556. The first kappa shape index (κ1) is 16.8. The smallest absolute Gasteiger partial charge is 0.0931 e. The summed E-state index contributed by atoms with van der Waals surface area (Å²) >= 11 is 13.8. The summed E-state index contributed by atoms with van der Waals surface area (Å²) in [5.74, 6) is 1.05. The fourth-order valence-electron chi connectivity index (χ4n) is 2.13. The highest BCUT2D eigenvalue weighted by atomic mass is 35.5. The number of alkyl halides is 1. The number of aromatic nitrogens is 1. The van der Waals surface area contributed by atoms with Gasteiger partial charge in [0.1, 0.15) is 0 Å². The molecular weight excluding hydrogens is 321 g/mol. The molecule has 1 nitrogen and oxygen atoms in total. The molecule has 1 aromatic heterocycles. The molecule has 21 heavy (non-hydrogen) atoms. The fourth-order valence-corrected chi connectivity index (χ4v) is 3.61. The highest BCUT2D eigenvalue weighted by Crippen LogP contribution is 2.26. The third-order valence-corrected chi connectivity index (χ3v) is 5.00. The van der Waals surface area contributed by atoms with Crippen molar-refractivity contribution >= 4 is 34.5 Å². The molecule has 2 rings (SSSR count). The lowest BCUT2D eigenvalue weighted by Gasteiger charge is -2.15. The summed E-state index contributed by atoms with van der Waals surface area (Å²) in [5, 5.41) is 4.12. The molecule has 0 saturated heterocycles. The van der Waals surface area contributed by atoms with Gasteiger partial charge in [0, 0.05) is 28.1 Å². The maximum Gasteiger partial charge on any atom is 0.0931 e. The van der Waals surface area contributed by atoms with Crippen molar-refractivity contribution in [1.29, 1.82) is 0 Å². The lowest BCUT2D eigenvalue weighted by atomic mass is 9.93. The first-order chi connectivity index (χ1) is 9.88. The van der Waals surface area contributed by atoms with Gasteiger partial charge < -0.3 is 0 Å². The Balaban J connectivity index is 2.02. The summed E-state index contributed by atoms with van der Waals surface area (Å²) in [6.45, 7) is 6.58. The van der Waals surface area contributed by atoms with E-state index in [1.807, 2.05) is 12.1 Å². The maximum atomic E-state index is 6.15. The molecule has 0 aliphatic carbocycles. The molecule has 0 N–H and O–H groups in total. The van der Waals surface area contributed by atoms with E-state index in [1.165, 1.54) is 16.3 Å². The van der Waals surface area contributed by atoms with Crippen molar-refractivity contribution in [2.24, 2.45) is 5.92 Å². The van der Waals surface area contributed by atoms with Crippen LogP contribution in [0.5, 0.6) is 0 Å². The van der Waals surface area contributed by atoms with Crippen LogP contribution in [0.25, 0.3) is 0 Å². The molecule has 0 spiro atoms. The third-order valence-electron chi connectivity index (χ3n) is 3.44. The van der Waals surface area contributed by atoms with E-state index in [9.17, 15) is 0 Å². The van der Waals surface area contributed by atoms with Crippen molar-refractivity contribution in [3.8, 4) is 0 Å². The molecular formula is C17H21Cl2NS. The average molecular weight is 342 g/mol. The Hall–Kier alpha value is -0.570. The van der Waals surface area contributed by atoms with Crippen molar-refractivity contribution in [3.05, 3.63) is 50.9 Å². The van der Waals surface area contributed by atoms with Gasteiger partial charge in [0.05, 0.1) is 10.7 Å². The lowest BCUT2D eigenvalue weighted by Crippen LogP contribution is -2.13. The Morgan fingerprint density at radius 2 is 1.81 bits per heavy atom. The van der Waals surface area contributed by atoms with Crippen LogP contribution in [-0.2, 0) is 18.3 Å². The van der Waals surface area contributed by atoms with Gasteiger partial charge in [0.25, 0.3) is 0 Å². The van der Waals surface area contributed by atoms with Crippen molar-refractivity contribution in [3.63, 3.8) is 0 Å². The van der Waals surface area contributed by atoms with E-state index in [0.717, 1.165) is 17.9 Å². The second kappa shape index (κ2) is 7.13. The zero-order valence-corrected chi connectivity index (χ0v) is 15.0. The number of rotatable bonds is 5. The van der Waals surface area contributed by atoms with Gasteiger partial charge in [-0.2, -0.15) is 0 Å². The summed E-state index contributed by atoms with van der Waals surface area (Å²) in [6.07, 6.45) is 1.90. The Kier molecular flexibility index (Phi) is 5.70. The van der Waals surface area contributed by atoms with Crippen LogP contribution < -0.4 is 0 Å². The molecule has 1 atom stereocenters. The highest BCUT2D eigenvalue weighted by Gasteiger charge is 2.19. The van der Waals surface area contributed by atoms with E-state index in [1.54, 1.807) is 11.3 Å². The van der Waals surface area contributed by atoms with Gasteiger partial charge >= 0.3 is 0 Å². The fraction of sp³-hybridized carbons (Fsp3) is 0.471. The number of nitrogens with zero attached hydrogens (tertiary/aromatic N) is 1. The molecule has 0 amide bonds. The average Bonchev–Trinajstić information content (AvgIpc) is 2.89. The second-order valence-corrected chi connectivity index (χ2v) is 8.12. The van der Waals surface area contributed by atoms with Crippen LogP contribution in [0.4, 0.5) is 0 Å². The molecule has 0 fully saturated rings. The van der Waals surface area contributed by atoms with E-state index < -0.39 is 0 Å². The summed E-state index contributed by atoms with van der Waals surface area (Å²) in [6, 6.07) is 8.02. The van der Waals surface area contributed by atoms with Crippen molar-refractivity contribution < 1.29 is 0 Å². The predicted octanol–water partition coefficient (Wildman–Crippen LogP) is 5.73. The monoisotopic (exact) mass is 341 g/mol. The van der Waals surface area contributed by atoms with E-state index in [2.05, 4.69) is 38.3 Å². The molecule has 1 heterocycles. The Morgan fingerprint density at radius 3 is 2.33 bits per heavy atom. The molecule has 114 valence electrons. The van der Waals surface area contributed by atoms with Gasteiger partial charge in [-0.15, -0.1) is 22.9 Å². The minimum Gasteiger partial charge on any atom is -0.246 e. The third kappa shape index (κ3) is 4.98. The molecule has 4 heteroatoms. The van der Waals surface area contributed by atoms with Crippen LogP contribution in [0.15, 0.2) is 29.6 Å². The summed E-state index contributed by atoms with van der Waals surface area (Å²) in [7, 11) is 0. The highest BCUT2D eigenvalue weighted by molar-refractivity contribution is 7.09. The normalized spacial score (nSPS) is 13.4. The van der Waals surface area contributed by atoms with Crippen LogP contribution in [0.3, 0.4) is 0 Å². The van der Waals surface area contributed by atoms with Crippen LogP contribution in [0.2, 0.25) is 5.02 Å². The van der Waals surface area contributed by atoms with Gasteiger partial charge in [0.2, 0.25) is 0 Å². The SMILES string of the molecule is CC(C)(C)c1csc(CC(CCl)Cc2ccc(Cl)cc2)n1. The molecule has 1 unspecified atom stereocenters. The number of halogens is 2. The second-order valence-electron chi connectivity index (χ2n) is 6.43. The van der Waals surface area contributed by atoms with Gasteiger partial charge in [-0.1, -0.05) is 44.5 Å². The zero-order chi connectivity index (χ0) is 15.5. The van der Waals surface area contributed by atoms with Crippen LogP contribution in [-0.4, -0.2) is 10.9 Å². The Morgan fingerprint density at radius 1 is 1.14 bits per heavy atom. The number of hydrogen-bond donors (Lipinski definition) is 0. The minimum atomic E-state index is 0.112. The Labute approximate surface area is 141 Å². The predicted molar refractivity (Wildman–Crippen MR) is 93.9 cm³/mol. The molecule has 0 radical (unpaired) electrons. The van der Waals surface area contributed by atoms with Crippen LogP contribution in [0, 0.1) is 5.92 Å². The number of benzene rings is 1. The van der Waals surface area contributed by atoms with E-state index in [-0.39, 0.29) is 5.41 Å². The van der Waals surface area contributed by atoms with Crippen molar-refractivity contribution in [2.45, 2.75) is 39.0 Å². The zero-order valence-electron chi connectivity index (χ0n) is 12.7. The minimum absolute atomic E-state index is 0.112. The molecule has 0 aliphatic rings. The van der Waals surface area contributed by atoms with E-state index in [4.69, 9.17) is 28.2 Å². The number of hydrogen-bond acceptors (Lipinski definition) is 2. The maximum absolute atomic E-state index is 6.15. The van der Waals surface area contributed by atoms with Crippen molar-refractivity contribution in [2.75, 3.05) is 5.88 Å². The van der Waals surface area contributed by atoms with Crippen LogP contribution >= 0.6 is 34.5 Å². The standard InChI is InChI=1S/C17H21Cl2NS/c1-17(2,3)15-11-21-16(20-15)9-13(10-18)8-12-4-6-14(19)7-5-12/h4-7,11,13H,8-10H2,1-3H3. The van der Waals surface area contributed by atoms with Gasteiger partial charge in [-0.05, 0) is 30.0 Å². The first-order valence-electron chi connectivity index (χ1n) is 7.14. The number of thiazole rings is 1. The van der Waals surface area contributed by atoms with E-state index >= 15 is 0 Å². The quantitative estimate of drug-likeness (QED) is 0.632. The summed E-state index contributed by atoms with van der Waals surface area (Å²) < 4.78 is 0. The summed E-state index contributed by atoms with van der Waals surface area (Å²) in [4.78, 5) is 4.76. The van der Waals surface area contributed by atoms with Crippen LogP contribution in [0.1, 0.15) is 37.0 Å². The van der Waals surface area contributed by atoms with Crippen molar-refractivity contribution in [1.82, 2.24) is 4.98 Å². The Bertz CT molecular complexity index is 569. The molecule has 0 bridgehead atoms. The van der Waals surface area contributed by atoms with Gasteiger partial charge in [-0.3, -0.25) is 0 Å². The van der Waals surface area contributed by atoms with E-state index in [0.29, 0.717) is 11.8 Å². The summed E-state index contributed by atoms with van der Waals surface area (Å²) in [5.41, 5.74) is 2.56.